The molecule has 0 saturated carbocycles. The number of aryl methyl sites for hydroxylation is 1. The number of carbonyl (C=O) groups excluding carboxylic acids is 1. The summed E-state index contributed by atoms with van der Waals surface area (Å²) in [4.78, 5) is 19.6. The Balaban J connectivity index is 1.63. The number of hydrogen-bond acceptors (Lipinski definition) is 5. The van der Waals surface area contributed by atoms with Crippen LogP contribution in [0.25, 0.3) is 11.4 Å². The van der Waals surface area contributed by atoms with Crippen LogP contribution in [0.2, 0.25) is 0 Å². The number of hydrogen-bond donors (Lipinski definition) is 0. The van der Waals surface area contributed by atoms with Crippen molar-refractivity contribution in [3.63, 3.8) is 0 Å². The van der Waals surface area contributed by atoms with E-state index >= 15 is 0 Å². The first-order valence-corrected chi connectivity index (χ1v) is 9.81. The topological polar surface area (TPSA) is 74.8 Å². The number of aromatic nitrogens is 3. The van der Waals surface area contributed by atoms with Crippen LogP contribution in [-0.2, 0) is 16.8 Å². The molecule has 1 aliphatic rings. The summed E-state index contributed by atoms with van der Waals surface area (Å²) in [5, 5.41) is 13.4. The van der Waals surface area contributed by atoms with E-state index in [4.69, 9.17) is 5.26 Å². The molecule has 4 rings (SSSR count). The third-order valence-corrected chi connectivity index (χ3v) is 5.59. The van der Waals surface area contributed by atoms with E-state index < -0.39 is 0 Å². The number of likely N-dealkylation sites (N-methyl/N-ethyl adjacent to an activating group) is 1. The molecule has 30 heavy (non-hydrogen) atoms. The molecule has 0 radical (unpaired) electrons. The van der Waals surface area contributed by atoms with Gasteiger partial charge >= 0.3 is 0 Å². The monoisotopic (exact) mass is 397 g/mol. The number of nitriles is 1. The predicted octanol–water partition coefficient (Wildman–Crippen LogP) is 4.01. The molecule has 0 unspecified atom stereocenters. The molecule has 0 fully saturated rings. The molecule has 0 atom stereocenters. The maximum atomic E-state index is 13.0. The Labute approximate surface area is 176 Å². The number of rotatable bonds is 4. The van der Waals surface area contributed by atoms with Crippen molar-refractivity contribution in [2.24, 2.45) is 0 Å². The van der Waals surface area contributed by atoms with Crippen LogP contribution in [0, 0.1) is 18.3 Å². The Morgan fingerprint density at radius 2 is 1.87 bits per heavy atom. The molecule has 2 aromatic carbocycles. The average molecular weight is 397 g/mol. The van der Waals surface area contributed by atoms with Crippen LogP contribution in [0.1, 0.15) is 30.8 Å². The molecule has 1 aromatic heterocycles. The molecule has 6 nitrogen and oxygen atoms in total. The van der Waals surface area contributed by atoms with Gasteiger partial charge in [0.1, 0.15) is 12.4 Å². The van der Waals surface area contributed by atoms with Crippen molar-refractivity contribution in [1.82, 2.24) is 14.8 Å². The lowest BCUT2D eigenvalue weighted by atomic mass is 9.83. The number of allylic oxidation sites excluding steroid dienone is 2. The van der Waals surface area contributed by atoms with E-state index in [-0.39, 0.29) is 17.7 Å². The lowest BCUT2D eigenvalue weighted by Crippen LogP contribution is -2.25. The minimum absolute atomic E-state index is 0.0440. The summed E-state index contributed by atoms with van der Waals surface area (Å²) >= 11 is 0. The zero-order valence-corrected chi connectivity index (χ0v) is 17.5. The third-order valence-electron chi connectivity index (χ3n) is 5.59. The number of benzene rings is 2. The van der Waals surface area contributed by atoms with Crippen molar-refractivity contribution in [3.05, 3.63) is 77.3 Å². The fraction of sp³-hybridized carbons (Fsp3) is 0.250. The van der Waals surface area contributed by atoms with Crippen LogP contribution < -0.4 is 4.90 Å². The first kappa shape index (κ1) is 19.6. The minimum atomic E-state index is -0.255. The third kappa shape index (κ3) is 3.29. The van der Waals surface area contributed by atoms with Crippen molar-refractivity contribution in [2.75, 3.05) is 11.9 Å². The molecule has 3 aromatic rings. The Bertz CT molecular complexity index is 1200. The van der Waals surface area contributed by atoms with Crippen LogP contribution in [0.3, 0.4) is 0 Å². The number of ketones is 1. The van der Waals surface area contributed by atoms with Crippen LogP contribution in [0.4, 0.5) is 5.69 Å². The van der Waals surface area contributed by atoms with Crippen molar-refractivity contribution in [1.29, 1.82) is 5.26 Å². The van der Waals surface area contributed by atoms with Gasteiger partial charge in [0.05, 0.1) is 11.6 Å². The van der Waals surface area contributed by atoms with Gasteiger partial charge in [0.2, 0.25) is 0 Å². The van der Waals surface area contributed by atoms with Crippen molar-refractivity contribution in [2.45, 2.75) is 32.7 Å². The molecule has 2 heterocycles. The van der Waals surface area contributed by atoms with Gasteiger partial charge in [-0.1, -0.05) is 32.0 Å². The first-order chi connectivity index (χ1) is 14.3. The molecule has 0 N–H and O–H groups in total. The van der Waals surface area contributed by atoms with Gasteiger partial charge in [0.25, 0.3) is 0 Å². The van der Waals surface area contributed by atoms with Gasteiger partial charge in [-0.15, -0.1) is 0 Å². The zero-order chi connectivity index (χ0) is 21.5. The standard InChI is InChI=1S/C24H23N5O/c1-16-26-23(18-11-9-17(14-25)10-12-18)29(27-16)15-19(30)13-22-24(2,3)20-7-5-6-8-21(20)28(22)4/h5-13H,15H2,1-4H3. The first-order valence-electron chi connectivity index (χ1n) is 9.81. The summed E-state index contributed by atoms with van der Waals surface area (Å²) in [7, 11) is 1.99. The van der Waals surface area contributed by atoms with Crippen LogP contribution in [0.15, 0.2) is 60.3 Å². The number of nitrogens with zero attached hydrogens (tertiary/aromatic N) is 5. The number of carbonyl (C=O) groups is 1. The van der Waals surface area contributed by atoms with E-state index in [1.165, 1.54) is 5.56 Å². The highest BCUT2D eigenvalue weighted by Crippen LogP contribution is 2.46. The number of anilines is 1. The molecule has 0 aliphatic carbocycles. The van der Waals surface area contributed by atoms with E-state index in [1.54, 1.807) is 29.8 Å². The summed E-state index contributed by atoms with van der Waals surface area (Å²) in [6, 6.07) is 17.5. The fourth-order valence-corrected chi connectivity index (χ4v) is 4.08. The van der Waals surface area contributed by atoms with Crippen LogP contribution >= 0.6 is 0 Å². The van der Waals surface area contributed by atoms with Gasteiger partial charge in [-0.2, -0.15) is 10.4 Å². The molecule has 0 spiro atoms. The van der Waals surface area contributed by atoms with E-state index in [0.717, 1.165) is 16.9 Å². The largest absolute Gasteiger partial charge is 0.347 e. The molecule has 0 amide bonds. The van der Waals surface area contributed by atoms with Crippen molar-refractivity contribution < 1.29 is 4.79 Å². The molecular weight excluding hydrogens is 374 g/mol. The zero-order valence-electron chi connectivity index (χ0n) is 17.5. The van der Waals surface area contributed by atoms with E-state index in [9.17, 15) is 4.79 Å². The normalized spacial score (nSPS) is 15.8. The molecular formula is C24H23N5O. The summed E-state index contributed by atoms with van der Waals surface area (Å²) in [6.07, 6.45) is 1.72. The van der Waals surface area contributed by atoms with Crippen LogP contribution in [0.5, 0.6) is 0 Å². The lowest BCUT2D eigenvalue weighted by Gasteiger charge is -2.24. The Kier molecular flexibility index (Phi) is 4.75. The van der Waals surface area contributed by atoms with Gasteiger partial charge in [-0.3, -0.25) is 4.79 Å². The van der Waals surface area contributed by atoms with Gasteiger partial charge in [0.15, 0.2) is 11.6 Å². The molecule has 6 heteroatoms. The highest BCUT2D eigenvalue weighted by Gasteiger charge is 2.38. The maximum Gasteiger partial charge on any atom is 0.178 e. The van der Waals surface area contributed by atoms with Gasteiger partial charge in [-0.25, -0.2) is 9.67 Å². The summed E-state index contributed by atoms with van der Waals surface area (Å²) in [6.45, 7) is 6.17. The van der Waals surface area contributed by atoms with Crippen LogP contribution in [-0.4, -0.2) is 27.6 Å². The second-order valence-corrected chi connectivity index (χ2v) is 8.03. The highest BCUT2D eigenvalue weighted by atomic mass is 16.1. The highest BCUT2D eigenvalue weighted by molar-refractivity contribution is 5.92. The SMILES string of the molecule is Cc1nc(-c2ccc(C#N)cc2)n(CC(=O)C=C2N(C)c3ccccc3C2(C)C)n1. The van der Waals surface area contributed by atoms with Gasteiger partial charge < -0.3 is 4.90 Å². The Hall–Kier alpha value is -3.72. The molecule has 0 saturated heterocycles. The molecule has 0 bridgehead atoms. The van der Waals surface area contributed by atoms with E-state index in [0.29, 0.717) is 17.2 Å². The van der Waals surface area contributed by atoms with Crippen molar-refractivity contribution in [3.8, 4) is 17.5 Å². The lowest BCUT2D eigenvalue weighted by molar-refractivity contribution is -0.115. The summed E-state index contributed by atoms with van der Waals surface area (Å²) < 4.78 is 1.63. The second kappa shape index (κ2) is 7.27. The fourth-order valence-electron chi connectivity index (χ4n) is 4.08. The van der Waals surface area contributed by atoms with Gasteiger partial charge in [-0.05, 0) is 42.8 Å². The Morgan fingerprint density at radius 3 is 2.53 bits per heavy atom. The quantitative estimate of drug-likeness (QED) is 0.622. The summed E-state index contributed by atoms with van der Waals surface area (Å²) in [5.74, 6) is 1.17. The number of para-hydroxylation sites is 1. The molecule has 150 valence electrons. The van der Waals surface area contributed by atoms with E-state index in [2.05, 4.69) is 47.0 Å². The second-order valence-electron chi connectivity index (χ2n) is 8.03. The van der Waals surface area contributed by atoms with Crippen molar-refractivity contribution >= 4 is 11.5 Å². The maximum absolute atomic E-state index is 13.0. The summed E-state index contributed by atoms with van der Waals surface area (Å²) in [5.41, 5.74) is 4.44. The minimum Gasteiger partial charge on any atom is -0.347 e. The average Bonchev–Trinajstić information content (AvgIpc) is 3.19. The van der Waals surface area contributed by atoms with E-state index in [1.807, 2.05) is 31.3 Å². The van der Waals surface area contributed by atoms with Gasteiger partial charge in [0, 0.05) is 35.5 Å². The molecule has 1 aliphatic heterocycles. The smallest absolute Gasteiger partial charge is 0.178 e. The number of fused-ring (bicyclic) bond motifs is 1. The Morgan fingerprint density at radius 1 is 1.17 bits per heavy atom. The predicted molar refractivity (Wildman–Crippen MR) is 116 cm³/mol.